The van der Waals surface area contributed by atoms with Crippen LogP contribution in [0.1, 0.15) is 5.56 Å². The van der Waals surface area contributed by atoms with Gasteiger partial charge in [-0.1, -0.05) is 48.5 Å². The molecule has 0 spiro atoms. The van der Waals surface area contributed by atoms with E-state index in [-0.39, 0.29) is 11.9 Å². The summed E-state index contributed by atoms with van der Waals surface area (Å²) in [6.45, 7) is 0. The third-order valence-corrected chi connectivity index (χ3v) is 5.90. The summed E-state index contributed by atoms with van der Waals surface area (Å²) in [5.74, 6) is 1.22. The van der Waals surface area contributed by atoms with Gasteiger partial charge >= 0.3 is 6.03 Å². The number of urea groups is 1. The van der Waals surface area contributed by atoms with Gasteiger partial charge in [-0.3, -0.25) is 5.41 Å². The monoisotopic (exact) mass is 514 g/mol. The van der Waals surface area contributed by atoms with E-state index in [0.717, 1.165) is 16.9 Å². The van der Waals surface area contributed by atoms with Crippen LogP contribution in [0.2, 0.25) is 0 Å². The van der Waals surface area contributed by atoms with E-state index in [1.807, 2.05) is 97.1 Å². The van der Waals surface area contributed by atoms with E-state index in [4.69, 9.17) is 26.6 Å². The molecule has 0 unspecified atom stereocenters. The number of pyridine rings is 1. The number of anilines is 3. The Labute approximate surface area is 225 Å². The molecule has 5 aromatic rings. The Kier molecular flexibility index (Phi) is 7.18. The van der Waals surface area contributed by atoms with Crippen molar-refractivity contribution in [2.45, 2.75) is 0 Å². The number of carbonyl (C=O) groups excluding carboxylic acids is 1. The molecule has 7 N–H and O–H groups in total. The lowest BCUT2D eigenvalue weighted by atomic mass is 10.0. The number of hydrogen-bond acceptors (Lipinski definition) is 5. The second-order valence-corrected chi connectivity index (χ2v) is 8.70. The lowest BCUT2D eigenvalue weighted by Gasteiger charge is -2.14. The van der Waals surface area contributed by atoms with Gasteiger partial charge in [-0.25, -0.2) is 9.78 Å². The van der Waals surface area contributed by atoms with Crippen molar-refractivity contribution in [3.63, 3.8) is 0 Å². The first-order chi connectivity index (χ1) is 19.0. The highest BCUT2D eigenvalue weighted by atomic mass is 16.5. The van der Waals surface area contributed by atoms with Gasteiger partial charge in [0.05, 0.1) is 17.0 Å². The third-order valence-electron chi connectivity index (χ3n) is 5.90. The fourth-order valence-electron chi connectivity index (χ4n) is 4.05. The van der Waals surface area contributed by atoms with Crippen LogP contribution in [-0.4, -0.2) is 16.9 Å². The van der Waals surface area contributed by atoms with E-state index >= 15 is 0 Å². The zero-order valence-corrected chi connectivity index (χ0v) is 20.9. The third kappa shape index (κ3) is 6.03. The molecule has 4 aromatic carbocycles. The van der Waals surface area contributed by atoms with Gasteiger partial charge in [0.15, 0.2) is 0 Å². The fraction of sp³-hybridized carbons (Fsp3) is 0. The van der Waals surface area contributed by atoms with E-state index in [0.29, 0.717) is 39.8 Å². The van der Waals surface area contributed by atoms with Crippen molar-refractivity contribution in [3.8, 4) is 34.0 Å². The molecule has 1 heterocycles. The Morgan fingerprint density at radius 1 is 0.718 bits per heavy atom. The zero-order chi connectivity index (χ0) is 27.2. The summed E-state index contributed by atoms with van der Waals surface area (Å²) in [6.07, 6.45) is 0. The van der Waals surface area contributed by atoms with E-state index in [1.165, 1.54) is 0 Å². The number of nitrogens with two attached hydrogens (primary N) is 2. The number of para-hydroxylation sites is 2. The van der Waals surface area contributed by atoms with E-state index in [2.05, 4.69) is 10.6 Å². The van der Waals surface area contributed by atoms with Crippen LogP contribution in [0.15, 0.2) is 115 Å². The summed E-state index contributed by atoms with van der Waals surface area (Å²) in [5.41, 5.74) is 16.9. The van der Waals surface area contributed by atoms with Crippen molar-refractivity contribution in [1.29, 1.82) is 5.41 Å². The summed E-state index contributed by atoms with van der Waals surface area (Å²) in [7, 11) is 0. The van der Waals surface area contributed by atoms with Crippen LogP contribution in [0.25, 0.3) is 22.5 Å². The average molecular weight is 515 g/mol. The number of hydrogen-bond donors (Lipinski definition) is 5. The van der Waals surface area contributed by atoms with Crippen LogP contribution in [0.4, 0.5) is 21.9 Å². The second-order valence-electron chi connectivity index (χ2n) is 8.70. The van der Waals surface area contributed by atoms with E-state index < -0.39 is 0 Å². The van der Waals surface area contributed by atoms with Crippen molar-refractivity contribution in [1.82, 2.24) is 4.98 Å². The second kappa shape index (κ2) is 11.2. The Balaban J connectivity index is 1.38. The zero-order valence-electron chi connectivity index (χ0n) is 20.9. The first-order valence-corrected chi connectivity index (χ1v) is 12.2. The molecule has 0 saturated carbocycles. The van der Waals surface area contributed by atoms with E-state index in [9.17, 15) is 4.79 Å². The molecule has 5 rings (SSSR count). The molecule has 0 aliphatic heterocycles. The number of benzene rings is 4. The first kappa shape index (κ1) is 25.0. The molecule has 1 aromatic heterocycles. The molecule has 2 amide bonds. The molecule has 0 bridgehead atoms. The maximum absolute atomic E-state index is 12.3. The van der Waals surface area contributed by atoms with Gasteiger partial charge in [0.1, 0.15) is 17.3 Å². The largest absolute Gasteiger partial charge is 0.457 e. The molecule has 0 aliphatic carbocycles. The van der Waals surface area contributed by atoms with Crippen molar-refractivity contribution >= 4 is 28.9 Å². The predicted molar refractivity (Wildman–Crippen MR) is 156 cm³/mol. The highest BCUT2D eigenvalue weighted by molar-refractivity contribution is 6.06. The van der Waals surface area contributed by atoms with Crippen LogP contribution in [0.3, 0.4) is 0 Å². The van der Waals surface area contributed by atoms with Gasteiger partial charge in [-0.2, -0.15) is 0 Å². The number of ether oxygens (including phenoxy) is 1. The maximum Gasteiger partial charge on any atom is 0.323 e. The van der Waals surface area contributed by atoms with E-state index in [1.54, 1.807) is 18.2 Å². The maximum atomic E-state index is 12.3. The fourth-order valence-corrected chi connectivity index (χ4v) is 4.05. The van der Waals surface area contributed by atoms with Crippen molar-refractivity contribution in [2.24, 2.45) is 5.73 Å². The minimum Gasteiger partial charge on any atom is -0.457 e. The lowest BCUT2D eigenvalue weighted by molar-refractivity contribution is 0.262. The minimum absolute atomic E-state index is 0.171. The molecule has 8 heteroatoms. The van der Waals surface area contributed by atoms with Crippen LogP contribution in [-0.2, 0) is 0 Å². The smallest absolute Gasteiger partial charge is 0.323 e. The van der Waals surface area contributed by atoms with Crippen molar-refractivity contribution in [3.05, 3.63) is 121 Å². The van der Waals surface area contributed by atoms with Crippen LogP contribution in [0.5, 0.6) is 11.5 Å². The number of amidine groups is 1. The topological polar surface area (TPSA) is 139 Å². The summed E-state index contributed by atoms with van der Waals surface area (Å²) in [5, 5.41) is 13.7. The first-order valence-electron chi connectivity index (χ1n) is 12.2. The number of aromatic nitrogens is 1. The normalized spacial score (nSPS) is 10.5. The quantitative estimate of drug-likeness (QED) is 0.121. The minimum atomic E-state index is -0.343. The Morgan fingerprint density at radius 3 is 1.87 bits per heavy atom. The highest BCUT2D eigenvalue weighted by Crippen LogP contribution is 2.32. The van der Waals surface area contributed by atoms with Gasteiger partial charge in [0, 0.05) is 28.2 Å². The number of nitrogens with zero attached hydrogens (tertiary/aromatic N) is 1. The molecule has 8 nitrogen and oxygen atoms in total. The summed E-state index contributed by atoms with van der Waals surface area (Å²) in [4.78, 5) is 17.1. The number of nitrogens with one attached hydrogen (secondary N) is 3. The Hall–Kier alpha value is -5.63. The molecule has 192 valence electrons. The molecular formula is C31H26N6O2. The Bertz CT molecular complexity index is 1600. The van der Waals surface area contributed by atoms with Gasteiger partial charge in [-0.15, -0.1) is 0 Å². The number of rotatable bonds is 7. The lowest BCUT2D eigenvalue weighted by Crippen LogP contribution is -2.19. The molecule has 0 atom stereocenters. The van der Waals surface area contributed by atoms with Gasteiger partial charge in [0.25, 0.3) is 0 Å². The molecule has 0 radical (unpaired) electrons. The molecular weight excluding hydrogens is 488 g/mol. The summed E-state index contributed by atoms with van der Waals surface area (Å²) < 4.78 is 5.89. The van der Waals surface area contributed by atoms with Crippen LogP contribution >= 0.6 is 0 Å². The average Bonchev–Trinajstić information content (AvgIpc) is 2.94. The van der Waals surface area contributed by atoms with Crippen LogP contribution < -0.4 is 26.8 Å². The summed E-state index contributed by atoms with van der Waals surface area (Å²) in [6, 6.07) is 34.7. The molecule has 0 aliphatic rings. The standard InChI is InChI=1S/C31H26N6O2/c32-26-19-27(20-11-15-23(16-12-20)36-31(38)35-22-7-3-1-4-8-22)37-29(28(26)30(33)34)21-13-17-25(18-14-21)39-24-9-5-2-6-10-24/h1-19H,(H2,32,37)(H3,33,34)(H2,35,36,38). The molecule has 0 saturated heterocycles. The van der Waals surface area contributed by atoms with Gasteiger partial charge in [-0.05, 0) is 66.7 Å². The van der Waals surface area contributed by atoms with Crippen molar-refractivity contribution in [2.75, 3.05) is 16.4 Å². The SMILES string of the molecule is N=C(N)c1c(N)cc(-c2ccc(NC(=O)Nc3ccccc3)cc2)nc1-c1ccc(Oc2ccccc2)cc1. The number of carbonyl (C=O) groups is 1. The predicted octanol–water partition coefficient (Wildman–Crippen LogP) is 6.72. The Morgan fingerprint density at radius 2 is 1.26 bits per heavy atom. The molecule has 39 heavy (non-hydrogen) atoms. The number of amides is 2. The van der Waals surface area contributed by atoms with Crippen LogP contribution in [0, 0.1) is 5.41 Å². The van der Waals surface area contributed by atoms with Gasteiger partial charge in [0.2, 0.25) is 0 Å². The van der Waals surface area contributed by atoms with Gasteiger partial charge < -0.3 is 26.8 Å². The number of nitrogen functional groups attached to an aromatic ring is 2. The highest BCUT2D eigenvalue weighted by Gasteiger charge is 2.16. The van der Waals surface area contributed by atoms with Crippen molar-refractivity contribution < 1.29 is 9.53 Å². The molecule has 0 fully saturated rings. The summed E-state index contributed by atoms with van der Waals surface area (Å²) >= 11 is 0.